The van der Waals surface area contributed by atoms with Crippen molar-refractivity contribution in [3.63, 3.8) is 0 Å². The summed E-state index contributed by atoms with van der Waals surface area (Å²) in [6.45, 7) is -5.26. The minimum Gasteiger partial charge on any atom is -0.449 e. The molecule has 0 spiro atoms. The third kappa shape index (κ3) is 3.43. The second kappa shape index (κ2) is 3.99. The van der Waals surface area contributed by atoms with Crippen LogP contribution in [0.3, 0.4) is 0 Å². The van der Waals surface area contributed by atoms with Gasteiger partial charge in [0.2, 0.25) is 0 Å². The average molecular weight is 245 g/mol. The Morgan fingerprint density at radius 2 is 1.62 bits per heavy atom. The highest BCUT2D eigenvalue weighted by atomic mass is 19.4. The lowest BCUT2D eigenvalue weighted by atomic mass is 9.81. The van der Waals surface area contributed by atoms with Crippen LogP contribution in [0.15, 0.2) is 18.2 Å². The fourth-order valence-corrected chi connectivity index (χ4v) is 1.14. The molecule has 1 aromatic carbocycles. The van der Waals surface area contributed by atoms with E-state index in [1.54, 1.807) is 0 Å². The van der Waals surface area contributed by atoms with Crippen LogP contribution in [0.4, 0.5) is 30.5 Å². The molecule has 0 aromatic heterocycles. The van der Waals surface area contributed by atoms with E-state index in [0.29, 0.717) is 12.1 Å². The van der Waals surface area contributed by atoms with Gasteiger partial charge in [0.15, 0.2) is 0 Å². The van der Waals surface area contributed by atoms with Gasteiger partial charge in [0, 0.05) is 0 Å². The smallest absolute Gasteiger partial charge is 0.449 e. The van der Waals surface area contributed by atoms with Crippen LogP contribution in [0.5, 0.6) is 0 Å². The van der Waals surface area contributed by atoms with Gasteiger partial charge in [-0.1, -0.05) is 12.4 Å². The molecule has 0 aliphatic carbocycles. The minimum atomic E-state index is -5.26. The topological polar surface area (TPSA) is 0 Å². The number of alkyl halides is 3. The summed E-state index contributed by atoms with van der Waals surface area (Å²) in [5, 5.41) is 0. The highest BCUT2D eigenvalue weighted by Gasteiger charge is 2.32. The molecule has 1 aromatic rings. The third-order valence-corrected chi connectivity index (χ3v) is 1.83. The average Bonchev–Trinajstić information content (AvgIpc) is 2.04. The van der Waals surface area contributed by atoms with Crippen molar-refractivity contribution in [3.05, 3.63) is 35.1 Å². The summed E-state index contributed by atoms with van der Waals surface area (Å²) in [4.78, 5) is 0. The predicted octanol–water partition coefficient (Wildman–Crippen LogP) is 3.77. The Hall–Kier alpha value is -1.21. The molecule has 0 nitrogen and oxygen atoms in total. The zero-order chi connectivity index (χ0) is 12.6. The SMILES string of the molecule is Fc1cc(C(F)(F)F)ccc1C[B-](F)(F)F. The van der Waals surface area contributed by atoms with Gasteiger partial charge in [-0.3, -0.25) is 0 Å². The zero-order valence-corrected chi connectivity index (χ0v) is 7.66. The molecule has 0 N–H and O–H groups in total. The highest BCUT2D eigenvalue weighted by Crippen LogP contribution is 2.31. The summed E-state index contributed by atoms with van der Waals surface area (Å²) >= 11 is 0. The standard InChI is InChI=1S/C8H5BF7/c10-7-3-6(8(11,12)13)2-1-5(7)4-9(14,15)16/h1-3H,4H2/q-1. The quantitative estimate of drug-likeness (QED) is 0.549. The Bertz CT molecular complexity index is 379. The first-order valence-electron chi connectivity index (χ1n) is 4.16. The first-order chi connectivity index (χ1) is 7.09. The molecule has 0 saturated heterocycles. The fraction of sp³-hybridized carbons (Fsp3) is 0.250. The van der Waals surface area contributed by atoms with E-state index in [1.165, 1.54) is 0 Å². The molecular formula is C8H5BF7-. The van der Waals surface area contributed by atoms with Crippen LogP contribution >= 0.6 is 0 Å². The Morgan fingerprint density at radius 3 is 2.00 bits per heavy atom. The van der Waals surface area contributed by atoms with Crippen LogP contribution in [0, 0.1) is 5.82 Å². The van der Waals surface area contributed by atoms with Gasteiger partial charge in [0.1, 0.15) is 5.82 Å². The van der Waals surface area contributed by atoms with Crippen molar-refractivity contribution in [1.29, 1.82) is 0 Å². The lowest BCUT2D eigenvalue weighted by Crippen LogP contribution is -2.20. The Labute approximate surface area is 86.1 Å². The number of halogens is 7. The van der Waals surface area contributed by atoms with Gasteiger partial charge in [0.05, 0.1) is 5.56 Å². The van der Waals surface area contributed by atoms with E-state index in [1.807, 2.05) is 0 Å². The first kappa shape index (κ1) is 12.9. The molecular weight excluding hydrogens is 240 g/mol. The Balaban J connectivity index is 3.01. The maximum absolute atomic E-state index is 12.9. The lowest BCUT2D eigenvalue weighted by molar-refractivity contribution is -0.137. The highest BCUT2D eigenvalue weighted by molar-refractivity contribution is 6.57. The minimum absolute atomic E-state index is 0.0666. The van der Waals surface area contributed by atoms with E-state index in [0.717, 1.165) is 0 Å². The van der Waals surface area contributed by atoms with Crippen molar-refractivity contribution in [2.24, 2.45) is 0 Å². The molecule has 1 rings (SSSR count). The molecule has 8 heteroatoms. The fourth-order valence-electron chi connectivity index (χ4n) is 1.14. The largest absolute Gasteiger partial charge is 0.482 e. The summed E-state index contributed by atoms with van der Waals surface area (Å²) in [6.07, 6.45) is -6.29. The number of hydrogen-bond acceptors (Lipinski definition) is 0. The lowest BCUT2D eigenvalue weighted by Gasteiger charge is -2.15. The van der Waals surface area contributed by atoms with Crippen molar-refractivity contribution < 1.29 is 30.5 Å². The number of rotatable bonds is 2. The molecule has 0 saturated carbocycles. The maximum Gasteiger partial charge on any atom is 0.482 e. The number of hydrogen-bond donors (Lipinski definition) is 0. The molecule has 16 heavy (non-hydrogen) atoms. The van der Waals surface area contributed by atoms with Gasteiger partial charge in [-0.2, -0.15) is 13.2 Å². The van der Waals surface area contributed by atoms with Gasteiger partial charge >= 0.3 is 13.2 Å². The van der Waals surface area contributed by atoms with Crippen LogP contribution in [0.1, 0.15) is 11.1 Å². The molecule has 0 fully saturated rings. The monoisotopic (exact) mass is 245 g/mol. The molecule has 0 bridgehead atoms. The van der Waals surface area contributed by atoms with Gasteiger partial charge in [-0.15, -0.1) is 0 Å². The van der Waals surface area contributed by atoms with Gasteiger partial charge in [-0.05, 0) is 17.7 Å². The van der Waals surface area contributed by atoms with E-state index in [-0.39, 0.29) is 6.07 Å². The van der Waals surface area contributed by atoms with E-state index in [9.17, 15) is 30.5 Å². The van der Waals surface area contributed by atoms with E-state index in [2.05, 4.69) is 0 Å². The van der Waals surface area contributed by atoms with Crippen LogP contribution < -0.4 is 0 Å². The third-order valence-electron chi connectivity index (χ3n) is 1.83. The Kier molecular flexibility index (Phi) is 3.21. The van der Waals surface area contributed by atoms with Crippen molar-refractivity contribution in [2.45, 2.75) is 12.5 Å². The van der Waals surface area contributed by atoms with Gasteiger partial charge in [0.25, 0.3) is 0 Å². The molecule has 0 aliphatic heterocycles. The molecule has 0 radical (unpaired) electrons. The molecule has 90 valence electrons. The van der Waals surface area contributed by atoms with Crippen molar-refractivity contribution in [1.82, 2.24) is 0 Å². The summed E-state index contributed by atoms with van der Waals surface area (Å²) in [7, 11) is 0. The van der Waals surface area contributed by atoms with Crippen LogP contribution in [-0.2, 0) is 12.5 Å². The summed E-state index contributed by atoms with van der Waals surface area (Å²) in [5.74, 6) is -1.49. The molecule has 0 atom stereocenters. The molecule has 0 heterocycles. The van der Waals surface area contributed by atoms with E-state index < -0.39 is 36.4 Å². The zero-order valence-electron chi connectivity index (χ0n) is 7.66. The van der Waals surface area contributed by atoms with Crippen molar-refractivity contribution in [2.75, 3.05) is 0 Å². The summed E-state index contributed by atoms with van der Waals surface area (Å²) in [5.41, 5.74) is -2.08. The van der Waals surface area contributed by atoms with Gasteiger partial charge in [-0.25, -0.2) is 4.39 Å². The van der Waals surface area contributed by atoms with Crippen molar-refractivity contribution >= 4 is 6.98 Å². The molecule has 0 aliphatic rings. The first-order valence-corrected chi connectivity index (χ1v) is 4.16. The normalized spacial score (nSPS) is 12.9. The van der Waals surface area contributed by atoms with E-state index in [4.69, 9.17) is 0 Å². The van der Waals surface area contributed by atoms with Crippen molar-refractivity contribution in [3.8, 4) is 0 Å². The maximum atomic E-state index is 12.9. The summed E-state index contributed by atoms with van der Waals surface area (Å²) in [6, 6.07) is 1.00. The second-order valence-corrected chi connectivity index (χ2v) is 3.22. The van der Waals surface area contributed by atoms with Crippen LogP contribution in [0.2, 0.25) is 0 Å². The van der Waals surface area contributed by atoms with E-state index >= 15 is 0 Å². The number of benzene rings is 1. The molecule has 0 amide bonds. The summed E-state index contributed by atoms with van der Waals surface area (Å²) < 4.78 is 84.9. The van der Waals surface area contributed by atoms with Gasteiger partial charge < -0.3 is 12.9 Å². The van der Waals surface area contributed by atoms with Crippen LogP contribution in [-0.4, -0.2) is 6.98 Å². The predicted molar refractivity (Wildman–Crippen MR) is 44.2 cm³/mol. The van der Waals surface area contributed by atoms with Crippen LogP contribution in [0.25, 0.3) is 0 Å². The second-order valence-electron chi connectivity index (χ2n) is 3.22. The molecule has 0 unspecified atom stereocenters. The Morgan fingerprint density at radius 1 is 1.06 bits per heavy atom.